The number of rotatable bonds is 3. The quantitative estimate of drug-likeness (QED) is 0.649. The fraction of sp³-hybridized carbons (Fsp3) is 0.211. The summed E-state index contributed by atoms with van der Waals surface area (Å²) in [6.45, 7) is 7.34. The summed E-state index contributed by atoms with van der Waals surface area (Å²) in [7, 11) is 0. The van der Waals surface area contributed by atoms with E-state index >= 15 is 0 Å². The van der Waals surface area contributed by atoms with Gasteiger partial charge in [0, 0.05) is 29.2 Å². The second-order valence-electron chi connectivity index (χ2n) is 5.76. The van der Waals surface area contributed by atoms with Crippen molar-refractivity contribution in [3.8, 4) is 0 Å². The predicted molar refractivity (Wildman–Crippen MR) is 87.1 cm³/mol. The Labute approximate surface area is 125 Å². The monoisotopic (exact) mass is 277 g/mol. The van der Waals surface area contributed by atoms with Gasteiger partial charge in [-0.25, -0.2) is 0 Å². The summed E-state index contributed by atoms with van der Waals surface area (Å²) in [5.74, 6) is 0. The van der Waals surface area contributed by atoms with Crippen LogP contribution in [0.3, 0.4) is 0 Å². The van der Waals surface area contributed by atoms with Crippen molar-refractivity contribution in [1.82, 2.24) is 4.57 Å². The Morgan fingerprint density at radius 1 is 1.00 bits per heavy atom. The minimum atomic E-state index is 0.725. The SMILES string of the molecule is Cc1cc(C)c(Cn2ccc3cc(C=O)ccc32)c(C)c1. The molecule has 0 spiro atoms. The number of hydrogen-bond acceptors (Lipinski definition) is 1. The maximum atomic E-state index is 10.9. The zero-order valence-electron chi connectivity index (χ0n) is 12.7. The minimum Gasteiger partial charge on any atom is -0.343 e. The summed E-state index contributed by atoms with van der Waals surface area (Å²) in [4.78, 5) is 10.9. The molecule has 0 unspecified atom stereocenters. The van der Waals surface area contributed by atoms with Crippen molar-refractivity contribution in [2.24, 2.45) is 0 Å². The molecule has 1 heterocycles. The Morgan fingerprint density at radius 3 is 2.38 bits per heavy atom. The molecule has 0 aliphatic heterocycles. The van der Waals surface area contributed by atoms with Gasteiger partial charge in [-0.3, -0.25) is 4.79 Å². The first kappa shape index (κ1) is 13.6. The van der Waals surface area contributed by atoms with Crippen LogP contribution in [0.4, 0.5) is 0 Å². The van der Waals surface area contributed by atoms with Gasteiger partial charge in [-0.05, 0) is 61.7 Å². The minimum absolute atomic E-state index is 0.725. The third kappa shape index (κ3) is 2.49. The van der Waals surface area contributed by atoms with Crippen LogP contribution in [0.2, 0.25) is 0 Å². The summed E-state index contributed by atoms with van der Waals surface area (Å²) in [6.07, 6.45) is 2.99. The molecule has 0 fully saturated rings. The van der Waals surface area contributed by atoms with Gasteiger partial charge >= 0.3 is 0 Å². The van der Waals surface area contributed by atoms with E-state index in [-0.39, 0.29) is 0 Å². The first-order chi connectivity index (χ1) is 10.1. The molecular weight excluding hydrogens is 258 g/mol. The third-order valence-electron chi connectivity index (χ3n) is 4.10. The lowest BCUT2D eigenvalue weighted by Gasteiger charge is -2.13. The fourth-order valence-corrected chi connectivity index (χ4v) is 3.06. The smallest absolute Gasteiger partial charge is 0.150 e. The van der Waals surface area contributed by atoms with Gasteiger partial charge in [0.2, 0.25) is 0 Å². The van der Waals surface area contributed by atoms with Crippen LogP contribution >= 0.6 is 0 Å². The van der Waals surface area contributed by atoms with Crippen LogP contribution in [-0.4, -0.2) is 10.9 Å². The molecule has 2 aromatic carbocycles. The van der Waals surface area contributed by atoms with Gasteiger partial charge in [0.25, 0.3) is 0 Å². The van der Waals surface area contributed by atoms with Crippen molar-refractivity contribution >= 4 is 17.2 Å². The molecule has 0 aliphatic carbocycles. The second kappa shape index (κ2) is 5.21. The van der Waals surface area contributed by atoms with Crippen LogP contribution in [0.5, 0.6) is 0 Å². The molecule has 0 saturated heterocycles. The van der Waals surface area contributed by atoms with E-state index in [0.29, 0.717) is 0 Å². The van der Waals surface area contributed by atoms with E-state index in [9.17, 15) is 4.79 Å². The molecule has 3 aromatic rings. The maximum absolute atomic E-state index is 10.9. The lowest BCUT2D eigenvalue weighted by molar-refractivity contribution is 0.112. The molecule has 0 atom stereocenters. The molecule has 2 heteroatoms. The normalized spacial score (nSPS) is 11.0. The van der Waals surface area contributed by atoms with Crippen LogP contribution < -0.4 is 0 Å². The lowest BCUT2D eigenvalue weighted by Crippen LogP contribution is -2.03. The highest BCUT2D eigenvalue weighted by molar-refractivity contribution is 5.87. The van der Waals surface area contributed by atoms with Crippen molar-refractivity contribution < 1.29 is 4.79 Å². The highest BCUT2D eigenvalue weighted by atomic mass is 16.1. The van der Waals surface area contributed by atoms with Gasteiger partial charge in [0.15, 0.2) is 0 Å². The molecule has 106 valence electrons. The Balaban J connectivity index is 2.05. The van der Waals surface area contributed by atoms with Crippen molar-refractivity contribution in [3.63, 3.8) is 0 Å². The molecule has 0 bridgehead atoms. The van der Waals surface area contributed by atoms with Gasteiger partial charge in [0.1, 0.15) is 6.29 Å². The van der Waals surface area contributed by atoms with Crippen LogP contribution in [0.1, 0.15) is 32.6 Å². The van der Waals surface area contributed by atoms with Gasteiger partial charge in [-0.1, -0.05) is 17.7 Å². The average Bonchev–Trinajstić information content (AvgIpc) is 2.84. The van der Waals surface area contributed by atoms with E-state index in [4.69, 9.17) is 0 Å². The van der Waals surface area contributed by atoms with Gasteiger partial charge in [0.05, 0.1) is 0 Å². The molecule has 0 N–H and O–H groups in total. The molecule has 21 heavy (non-hydrogen) atoms. The molecule has 1 aromatic heterocycles. The van der Waals surface area contributed by atoms with E-state index in [0.717, 1.165) is 23.8 Å². The van der Waals surface area contributed by atoms with E-state index in [1.165, 1.54) is 27.8 Å². The Kier molecular flexibility index (Phi) is 3.38. The van der Waals surface area contributed by atoms with E-state index in [1.807, 2.05) is 18.2 Å². The van der Waals surface area contributed by atoms with E-state index < -0.39 is 0 Å². The van der Waals surface area contributed by atoms with Gasteiger partial charge in [-0.15, -0.1) is 0 Å². The van der Waals surface area contributed by atoms with Crippen LogP contribution in [-0.2, 0) is 6.54 Å². The average molecular weight is 277 g/mol. The molecule has 2 nitrogen and oxygen atoms in total. The number of hydrogen-bond donors (Lipinski definition) is 0. The van der Waals surface area contributed by atoms with Crippen molar-refractivity contribution in [2.75, 3.05) is 0 Å². The summed E-state index contributed by atoms with van der Waals surface area (Å²) in [6, 6.07) is 12.4. The summed E-state index contributed by atoms with van der Waals surface area (Å²) < 4.78 is 2.24. The molecule has 0 aliphatic rings. The number of carbonyl (C=O) groups excluding carboxylic acids is 1. The molecule has 0 saturated carbocycles. The van der Waals surface area contributed by atoms with Crippen molar-refractivity contribution in [3.05, 3.63) is 70.4 Å². The maximum Gasteiger partial charge on any atom is 0.150 e. The van der Waals surface area contributed by atoms with Gasteiger partial charge < -0.3 is 4.57 Å². The highest BCUT2D eigenvalue weighted by Gasteiger charge is 2.07. The number of aryl methyl sites for hydroxylation is 3. The summed E-state index contributed by atoms with van der Waals surface area (Å²) in [5, 5.41) is 1.11. The van der Waals surface area contributed by atoms with Gasteiger partial charge in [-0.2, -0.15) is 0 Å². The predicted octanol–water partition coefficient (Wildman–Crippen LogP) is 4.43. The standard InChI is InChI=1S/C19H19NO/c1-13-8-14(2)18(15(3)9-13)11-20-7-6-17-10-16(12-21)4-5-19(17)20/h4-10,12H,11H2,1-3H3. The zero-order chi connectivity index (χ0) is 15.0. The number of benzene rings is 2. The van der Waals surface area contributed by atoms with Crippen molar-refractivity contribution in [2.45, 2.75) is 27.3 Å². The largest absolute Gasteiger partial charge is 0.343 e. The van der Waals surface area contributed by atoms with E-state index in [1.54, 1.807) is 0 Å². The number of aldehydes is 1. The first-order valence-corrected chi connectivity index (χ1v) is 7.19. The Bertz CT molecular complexity index is 804. The van der Waals surface area contributed by atoms with Crippen molar-refractivity contribution in [1.29, 1.82) is 0 Å². The molecular formula is C19H19NO. The summed E-state index contributed by atoms with van der Waals surface area (Å²) in [5.41, 5.74) is 7.24. The molecule has 0 amide bonds. The summed E-state index contributed by atoms with van der Waals surface area (Å²) >= 11 is 0. The van der Waals surface area contributed by atoms with E-state index in [2.05, 4.69) is 49.7 Å². The zero-order valence-corrected chi connectivity index (χ0v) is 12.7. The first-order valence-electron chi connectivity index (χ1n) is 7.19. The number of aromatic nitrogens is 1. The highest BCUT2D eigenvalue weighted by Crippen LogP contribution is 2.22. The van der Waals surface area contributed by atoms with Crippen LogP contribution in [0.15, 0.2) is 42.6 Å². The number of fused-ring (bicyclic) bond motifs is 1. The fourth-order valence-electron chi connectivity index (χ4n) is 3.06. The number of carbonyl (C=O) groups is 1. The lowest BCUT2D eigenvalue weighted by atomic mass is 10.00. The Hall–Kier alpha value is -2.35. The molecule has 0 radical (unpaired) electrons. The topological polar surface area (TPSA) is 22.0 Å². The van der Waals surface area contributed by atoms with Crippen LogP contribution in [0, 0.1) is 20.8 Å². The third-order valence-corrected chi connectivity index (χ3v) is 4.10. The molecule has 3 rings (SSSR count). The number of nitrogens with zero attached hydrogens (tertiary/aromatic N) is 1. The second-order valence-corrected chi connectivity index (χ2v) is 5.76. The Morgan fingerprint density at radius 2 is 1.71 bits per heavy atom. The van der Waals surface area contributed by atoms with Crippen LogP contribution in [0.25, 0.3) is 10.9 Å².